The van der Waals surface area contributed by atoms with Gasteiger partial charge in [0.2, 0.25) is 5.91 Å². The molecule has 1 aromatic carbocycles. The van der Waals surface area contributed by atoms with Crippen molar-refractivity contribution in [2.24, 2.45) is 5.73 Å². The summed E-state index contributed by atoms with van der Waals surface area (Å²) in [6.45, 7) is 0.728. The lowest BCUT2D eigenvalue weighted by atomic mass is 10.1. The molecule has 3 N–H and O–H groups in total. The number of carbonyl (C=O) groups excluding carboxylic acids is 1. The maximum Gasteiger partial charge on any atom is 0.224 e. The van der Waals surface area contributed by atoms with Gasteiger partial charge in [-0.15, -0.1) is 12.4 Å². The molecule has 0 radical (unpaired) electrons. The predicted molar refractivity (Wildman–Crippen MR) is 79.5 cm³/mol. The standard InChI is InChI=1S/C13H19ClN2O.ClH/c14-11-7-4-5-8-12(11)16-13(17)9-3-1-2-6-10-15;/h4-5,7-8H,1-3,6,9-10,15H2,(H,16,17);1H. The highest BCUT2D eigenvalue weighted by Crippen LogP contribution is 2.20. The number of hydrogen-bond donors (Lipinski definition) is 2. The van der Waals surface area contributed by atoms with Gasteiger partial charge in [0.05, 0.1) is 10.7 Å². The molecule has 0 saturated carbocycles. The number of para-hydroxylation sites is 1. The van der Waals surface area contributed by atoms with E-state index in [4.69, 9.17) is 17.3 Å². The van der Waals surface area contributed by atoms with Crippen LogP contribution in [0.4, 0.5) is 5.69 Å². The molecule has 5 heteroatoms. The summed E-state index contributed by atoms with van der Waals surface area (Å²) in [6.07, 6.45) is 4.61. The van der Waals surface area contributed by atoms with Gasteiger partial charge in [-0.3, -0.25) is 4.79 Å². The lowest BCUT2D eigenvalue weighted by Crippen LogP contribution is -2.11. The second-order valence-electron chi connectivity index (χ2n) is 3.98. The van der Waals surface area contributed by atoms with E-state index in [1.165, 1.54) is 0 Å². The van der Waals surface area contributed by atoms with Crippen LogP contribution in [0, 0.1) is 0 Å². The number of benzene rings is 1. The fourth-order valence-corrected chi connectivity index (χ4v) is 1.74. The monoisotopic (exact) mass is 290 g/mol. The first kappa shape index (κ1) is 17.2. The SMILES string of the molecule is Cl.NCCCCCCC(=O)Nc1ccccc1Cl. The largest absolute Gasteiger partial charge is 0.330 e. The first-order chi connectivity index (χ1) is 8.24. The number of nitrogens with one attached hydrogen (secondary N) is 1. The number of unbranched alkanes of at least 4 members (excludes halogenated alkanes) is 3. The number of rotatable bonds is 7. The molecule has 1 amide bonds. The van der Waals surface area contributed by atoms with Crippen LogP contribution in [-0.4, -0.2) is 12.5 Å². The summed E-state index contributed by atoms with van der Waals surface area (Å²) in [6, 6.07) is 7.25. The Labute approximate surface area is 119 Å². The average molecular weight is 291 g/mol. The van der Waals surface area contributed by atoms with Gasteiger partial charge in [-0.1, -0.05) is 36.6 Å². The van der Waals surface area contributed by atoms with Crippen molar-refractivity contribution in [3.63, 3.8) is 0 Å². The molecular weight excluding hydrogens is 271 g/mol. The number of amides is 1. The second kappa shape index (κ2) is 10.2. The number of carbonyl (C=O) groups is 1. The molecule has 0 aliphatic heterocycles. The zero-order valence-electron chi connectivity index (χ0n) is 10.3. The highest BCUT2D eigenvalue weighted by molar-refractivity contribution is 6.33. The van der Waals surface area contributed by atoms with Gasteiger partial charge in [0.25, 0.3) is 0 Å². The van der Waals surface area contributed by atoms with Crippen molar-refractivity contribution in [1.82, 2.24) is 0 Å². The molecule has 18 heavy (non-hydrogen) atoms. The van der Waals surface area contributed by atoms with Crippen molar-refractivity contribution in [3.8, 4) is 0 Å². The number of hydrogen-bond acceptors (Lipinski definition) is 2. The zero-order chi connectivity index (χ0) is 12.5. The summed E-state index contributed by atoms with van der Waals surface area (Å²) in [5.74, 6) is 0.0193. The van der Waals surface area contributed by atoms with Gasteiger partial charge in [0.1, 0.15) is 0 Å². The fraction of sp³-hybridized carbons (Fsp3) is 0.462. The van der Waals surface area contributed by atoms with Crippen LogP contribution >= 0.6 is 24.0 Å². The maximum absolute atomic E-state index is 11.6. The van der Waals surface area contributed by atoms with E-state index in [-0.39, 0.29) is 18.3 Å². The average Bonchev–Trinajstić information content (AvgIpc) is 2.32. The highest BCUT2D eigenvalue weighted by atomic mass is 35.5. The smallest absolute Gasteiger partial charge is 0.224 e. The fourth-order valence-electron chi connectivity index (χ4n) is 1.56. The van der Waals surface area contributed by atoms with Gasteiger partial charge < -0.3 is 11.1 Å². The molecule has 0 heterocycles. The molecule has 1 aromatic rings. The molecule has 102 valence electrons. The van der Waals surface area contributed by atoms with Crippen LogP contribution in [0.15, 0.2) is 24.3 Å². The van der Waals surface area contributed by atoms with E-state index in [2.05, 4.69) is 5.32 Å². The Morgan fingerprint density at radius 3 is 2.50 bits per heavy atom. The third kappa shape index (κ3) is 6.84. The third-order valence-electron chi connectivity index (χ3n) is 2.51. The molecule has 0 aliphatic carbocycles. The van der Waals surface area contributed by atoms with E-state index in [1.54, 1.807) is 12.1 Å². The predicted octanol–water partition coefficient (Wildman–Crippen LogP) is 3.61. The lowest BCUT2D eigenvalue weighted by Gasteiger charge is -2.06. The van der Waals surface area contributed by atoms with Gasteiger partial charge in [0, 0.05) is 6.42 Å². The molecule has 0 bridgehead atoms. The Balaban J connectivity index is 0.00000289. The Morgan fingerprint density at radius 2 is 1.83 bits per heavy atom. The minimum absolute atomic E-state index is 0. The van der Waals surface area contributed by atoms with Crippen LogP contribution in [0.5, 0.6) is 0 Å². The Kier molecular flexibility index (Phi) is 9.74. The normalized spacial score (nSPS) is 9.67. The van der Waals surface area contributed by atoms with Gasteiger partial charge >= 0.3 is 0 Å². The zero-order valence-corrected chi connectivity index (χ0v) is 11.9. The molecule has 0 saturated heterocycles. The van der Waals surface area contributed by atoms with E-state index in [1.807, 2.05) is 12.1 Å². The Morgan fingerprint density at radius 1 is 1.17 bits per heavy atom. The third-order valence-corrected chi connectivity index (χ3v) is 2.84. The number of halogens is 2. The van der Waals surface area contributed by atoms with Crippen LogP contribution in [0.2, 0.25) is 5.02 Å². The van der Waals surface area contributed by atoms with Crippen LogP contribution in [0.25, 0.3) is 0 Å². The van der Waals surface area contributed by atoms with Crippen LogP contribution in [0.3, 0.4) is 0 Å². The topological polar surface area (TPSA) is 55.1 Å². The minimum atomic E-state index is 0. The lowest BCUT2D eigenvalue weighted by molar-refractivity contribution is -0.116. The summed E-state index contributed by atoms with van der Waals surface area (Å²) in [7, 11) is 0. The first-order valence-corrected chi connectivity index (χ1v) is 6.36. The molecule has 0 unspecified atom stereocenters. The quantitative estimate of drug-likeness (QED) is 0.754. The van der Waals surface area contributed by atoms with Crippen molar-refractivity contribution >= 4 is 35.6 Å². The van der Waals surface area contributed by atoms with Crippen LogP contribution < -0.4 is 11.1 Å². The van der Waals surface area contributed by atoms with E-state index in [9.17, 15) is 4.79 Å². The number of anilines is 1. The summed E-state index contributed by atoms with van der Waals surface area (Å²) in [4.78, 5) is 11.6. The molecule has 0 atom stereocenters. The molecule has 1 rings (SSSR count). The highest BCUT2D eigenvalue weighted by Gasteiger charge is 2.04. The van der Waals surface area contributed by atoms with Crippen molar-refractivity contribution in [2.75, 3.05) is 11.9 Å². The Bertz CT molecular complexity index is 359. The van der Waals surface area contributed by atoms with Gasteiger partial charge in [0.15, 0.2) is 0 Å². The summed E-state index contributed by atoms with van der Waals surface area (Å²) >= 11 is 5.94. The molecule has 0 aromatic heterocycles. The van der Waals surface area contributed by atoms with Gasteiger partial charge in [-0.25, -0.2) is 0 Å². The molecule has 0 aliphatic rings. The van der Waals surface area contributed by atoms with E-state index in [0.29, 0.717) is 17.1 Å². The molecular formula is C13H20Cl2N2O. The van der Waals surface area contributed by atoms with Crippen molar-refractivity contribution in [1.29, 1.82) is 0 Å². The van der Waals surface area contributed by atoms with E-state index < -0.39 is 0 Å². The molecule has 3 nitrogen and oxygen atoms in total. The van der Waals surface area contributed by atoms with Crippen LogP contribution in [-0.2, 0) is 4.79 Å². The van der Waals surface area contributed by atoms with Crippen molar-refractivity contribution in [3.05, 3.63) is 29.3 Å². The van der Waals surface area contributed by atoms with E-state index in [0.717, 1.165) is 32.2 Å². The summed E-state index contributed by atoms with van der Waals surface area (Å²) < 4.78 is 0. The van der Waals surface area contributed by atoms with Crippen molar-refractivity contribution in [2.45, 2.75) is 32.1 Å². The summed E-state index contributed by atoms with van der Waals surface area (Å²) in [5.41, 5.74) is 6.08. The maximum atomic E-state index is 11.6. The molecule has 0 fully saturated rings. The van der Waals surface area contributed by atoms with E-state index >= 15 is 0 Å². The number of nitrogens with two attached hydrogens (primary N) is 1. The Hall–Kier alpha value is -0.770. The van der Waals surface area contributed by atoms with Gasteiger partial charge in [-0.05, 0) is 31.5 Å². The van der Waals surface area contributed by atoms with Crippen LogP contribution in [0.1, 0.15) is 32.1 Å². The molecule has 0 spiro atoms. The van der Waals surface area contributed by atoms with Gasteiger partial charge in [-0.2, -0.15) is 0 Å². The second-order valence-corrected chi connectivity index (χ2v) is 4.39. The minimum Gasteiger partial charge on any atom is -0.330 e. The van der Waals surface area contributed by atoms with Crippen molar-refractivity contribution < 1.29 is 4.79 Å². The first-order valence-electron chi connectivity index (χ1n) is 5.98. The summed E-state index contributed by atoms with van der Waals surface area (Å²) in [5, 5.41) is 3.38.